The van der Waals surface area contributed by atoms with Gasteiger partial charge in [0.15, 0.2) is 5.96 Å². The lowest BCUT2D eigenvalue weighted by Crippen LogP contribution is -2.40. The number of amides is 1. The number of nitrogens with zero attached hydrogens (tertiary/aromatic N) is 2. The fourth-order valence-electron chi connectivity index (χ4n) is 1.68. The summed E-state index contributed by atoms with van der Waals surface area (Å²) in [6.45, 7) is 7.82. The molecule has 0 unspecified atom stereocenters. The number of aliphatic imine (C=N–C) groups is 1. The summed E-state index contributed by atoms with van der Waals surface area (Å²) in [6.07, 6.45) is 0.824. The highest BCUT2D eigenvalue weighted by Gasteiger charge is 2.04. The first-order chi connectivity index (χ1) is 11.5. The number of likely N-dealkylation sites (N-methyl/N-ethyl adjacent to an activating group) is 1. The molecule has 0 atom stereocenters. The molecule has 1 aromatic rings. The van der Waals surface area contributed by atoms with E-state index in [1.165, 1.54) is 4.90 Å². The van der Waals surface area contributed by atoms with Gasteiger partial charge in [0.25, 0.3) is 0 Å². The van der Waals surface area contributed by atoms with Crippen LogP contribution in [0.3, 0.4) is 0 Å². The van der Waals surface area contributed by atoms with Gasteiger partial charge in [-0.25, -0.2) is 4.99 Å². The van der Waals surface area contributed by atoms with Gasteiger partial charge in [-0.1, -0.05) is 30.4 Å². The molecule has 1 rings (SSSR count). The molecule has 0 radical (unpaired) electrons. The van der Waals surface area contributed by atoms with Gasteiger partial charge in [0.05, 0.1) is 6.61 Å². The average Bonchev–Trinajstić information content (AvgIpc) is 2.56. The van der Waals surface area contributed by atoms with Gasteiger partial charge in [-0.05, 0) is 25.5 Å². The van der Waals surface area contributed by atoms with Crippen molar-refractivity contribution in [1.29, 1.82) is 0 Å². The standard InChI is InChI=1S/C18H28N4O2/c1-15(2)13-20-18(21-14-17(23)22(3)4)19-11-8-12-24-16-9-6-5-7-10-16/h5-7,9-10H,1,8,11-14H2,2-4H3,(H2,19,20,21). The van der Waals surface area contributed by atoms with Gasteiger partial charge in [-0.3, -0.25) is 4.79 Å². The number of para-hydroxylation sites is 1. The number of ether oxygens (including phenoxy) is 1. The first-order valence-electron chi connectivity index (χ1n) is 8.03. The van der Waals surface area contributed by atoms with Crippen LogP contribution in [0.1, 0.15) is 13.3 Å². The maximum Gasteiger partial charge on any atom is 0.243 e. The normalized spacial score (nSPS) is 10.9. The summed E-state index contributed by atoms with van der Waals surface area (Å²) in [5.74, 6) is 1.43. The quantitative estimate of drug-likeness (QED) is 0.312. The zero-order valence-corrected chi connectivity index (χ0v) is 14.8. The zero-order chi connectivity index (χ0) is 17.8. The number of carbonyl (C=O) groups excluding carboxylic acids is 1. The topological polar surface area (TPSA) is 66.0 Å². The predicted octanol–water partition coefficient (Wildman–Crippen LogP) is 1.66. The largest absolute Gasteiger partial charge is 0.494 e. The maximum atomic E-state index is 11.6. The average molecular weight is 332 g/mol. The van der Waals surface area contributed by atoms with E-state index in [1.54, 1.807) is 14.1 Å². The molecule has 6 nitrogen and oxygen atoms in total. The van der Waals surface area contributed by atoms with Crippen molar-refractivity contribution in [3.63, 3.8) is 0 Å². The van der Waals surface area contributed by atoms with Crippen molar-refractivity contribution in [2.45, 2.75) is 13.3 Å². The van der Waals surface area contributed by atoms with E-state index in [0.717, 1.165) is 17.7 Å². The molecule has 0 aromatic heterocycles. The number of guanidine groups is 1. The van der Waals surface area contributed by atoms with Crippen LogP contribution in [0.4, 0.5) is 0 Å². The van der Waals surface area contributed by atoms with Crippen LogP contribution in [-0.2, 0) is 4.79 Å². The van der Waals surface area contributed by atoms with Gasteiger partial charge in [-0.15, -0.1) is 0 Å². The Morgan fingerprint density at radius 1 is 1.25 bits per heavy atom. The summed E-state index contributed by atoms with van der Waals surface area (Å²) >= 11 is 0. The minimum Gasteiger partial charge on any atom is -0.494 e. The number of carbonyl (C=O) groups is 1. The first-order valence-corrected chi connectivity index (χ1v) is 8.03. The third kappa shape index (κ3) is 8.82. The number of hydrogen-bond acceptors (Lipinski definition) is 3. The van der Waals surface area contributed by atoms with E-state index >= 15 is 0 Å². The molecule has 1 aromatic carbocycles. The van der Waals surface area contributed by atoms with Crippen LogP contribution < -0.4 is 15.4 Å². The van der Waals surface area contributed by atoms with E-state index in [0.29, 0.717) is 25.7 Å². The Bertz CT molecular complexity index is 541. The third-order valence-electron chi connectivity index (χ3n) is 3.05. The monoisotopic (exact) mass is 332 g/mol. The Morgan fingerprint density at radius 3 is 2.58 bits per heavy atom. The number of hydrogen-bond donors (Lipinski definition) is 2. The van der Waals surface area contributed by atoms with Crippen LogP contribution in [0.5, 0.6) is 5.75 Å². The van der Waals surface area contributed by atoms with Crippen LogP contribution in [0, 0.1) is 0 Å². The molecule has 6 heteroatoms. The second-order valence-electron chi connectivity index (χ2n) is 5.71. The molecule has 1 amide bonds. The minimum absolute atomic E-state index is 0.0427. The zero-order valence-electron chi connectivity index (χ0n) is 14.8. The molecule has 2 N–H and O–H groups in total. The van der Waals surface area contributed by atoms with Crippen molar-refractivity contribution in [3.05, 3.63) is 42.5 Å². The van der Waals surface area contributed by atoms with Crippen molar-refractivity contribution in [1.82, 2.24) is 15.5 Å². The summed E-state index contributed by atoms with van der Waals surface area (Å²) < 4.78 is 5.64. The molecule has 0 fully saturated rings. The van der Waals surface area contributed by atoms with Crippen molar-refractivity contribution in [3.8, 4) is 5.75 Å². The Labute approximate surface area is 144 Å². The Balaban J connectivity index is 2.36. The third-order valence-corrected chi connectivity index (χ3v) is 3.05. The van der Waals surface area contributed by atoms with E-state index < -0.39 is 0 Å². The van der Waals surface area contributed by atoms with E-state index in [-0.39, 0.29) is 12.5 Å². The maximum absolute atomic E-state index is 11.6. The van der Waals surface area contributed by atoms with E-state index in [1.807, 2.05) is 37.3 Å². The predicted molar refractivity (Wildman–Crippen MR) is 98.4 cm³/mol. The Kier molecular flexibility index (Phi) is 9.04. The first kappa shape index (κ1) is 19.5. The Morgan fingerprint density at radius 2 is 1.96 bits per heavy atom. The molecule has 0 bridgehead atoms. The molecule has 0 aliphatic carbocycles. The van der Waals surface area contributed by atoms with Crippen molar-refractivity contribution in [2.24, 2.45) is 4.99 Å². The van der Waals surface area contributed by atoms with Gasteiger partial charge in [-0.2, -0.15) is 0 Å². The fraction of sp³-hybridized carbons (Fsp3) is 0.444. The summed E-state index contributed by atoms with van der Waals surface area (Å²) in [5.41, 5.74) is 0.996. The van der Waals surface area contributed by atoms with Crippen molar-refractivity contribution >= 4 is 11.9 Å². The Hall–Kier alpha value is -2.50. The van der Waals surface area contributed by atoms with Crippen LogP contribution in [0.2, 0.25) is 0 Å². The van der Waals surface area contributed by atoms with Crippen LogP contribution in [-0.4, -0.2) is 57.1 Å². The summed E-state index contributed by atoms with van der Waals surface area (Å²) in [5, 5.41) is 6.35. The van der Waals surface area contributed by atoms with Gasteiger partial charge < -0.3 is 20.3 Å². The molecular formula is C18H28N4O2. The highest BCUT2D eigenvalue weighted by atomic mass is 16.5. The van der Waals surface area contributed by atoms with Crippen molar-refractivity contribution in [2.75, 3.05) is 40.3 Å². The molecule has 24 heavy (non-hydrogen) atoms. The summed E-state index contributed by atoms with van der Waals surface area (Å²) in [4.78, 5) is 17.5. The highest BCUT2D eigenvalue weighted by molar-refractivity contribution is 5.84. The summed E-state index contributed by atoms with van der Waals surface area (Å²) in [6, 6.07) is 9.71. The molecule has 0 heterocycles. The smallest absolute Gasteiger partial charge is 0.243 e. The second kappa shape index (κ2) is 11.1. The van der Waals surface area contributed by atoms with E-state index in [4.69, 9.17) is 4.74 Å². The number of benzene rings is 1. The molecule has 0 saturated carbocycles. The minimum atomic E-state index is -0.0427. The SMILES string of the molecule is C=C(C)CNC(=NCC(=O)N(C)C)NCCCOc1ccccc1. The van der Waals surface area contributed by atoms with Gasteiger partial charge in [0.1, 0.15) is 12.3 Å². The molecule has 0 aliphatic heterocycles. The van der Waals surface area contributed by atoms with Gasteiger partial charge >= 0.3 is 0 Å². The lowest BCUT2D eigenvalue weighted by Gasteiger charge is -2.14. The van der Waals surface area contributed by atoms with E-state index in [2.05, 4.69) is 22.2 Å². The molecule has 132 valence electrons. The van der Waals surface area contributed by atoms with Crippen LogP contribution in [0.25, 0.3) is 0 Å². The van der Waals surface area contributed by atoms with Crippen LogP contribution >= 0.6 is 0 Å². The second-order valence-corrected chi connectivity index (χ2v) is 5.71. The molecular weight excluding hydrogens is 304 g/mol. The molecule has 0 spiro atoms. The fourth-order valence-corrected chi connectivity index (χ4v) is 1.68. The van der Waals surface area contributed by atoms with Crippen LogP contribution in [0.15, 0.2) is 47.5 Å². The molecule has 0 saturated heterocycles. The number of nitrogens with one attached hydrogen (secondary N) is 2. The number of rotatable bonds is 9. The van der Waals surface area contributed by atoms with Gasteiger partial charge in [0.2, 0.25) is 5.91 Å². The lowest BCUT2D eigenvalue weighted by molar-refractivity contribution is -0.127. The van der Waals surface area contributed by atoms with E-state index in [9.17, 15) is 4.79 Å². The highest BCUT2D eigenvalue weighted by Crippen LogP contribution is 2.07. The van der Waals surface area contributed by atoms with Gasteiger partial charge in [0, 0.05) is 27.2 Å². The summed E-state index contributed by atoms with van der Waals surface area (Å²) in [7, 11) is 3.43. The lowest BCUT2D eigenvalue weighted by atomic mass is 10.3. The molecule has 0 aliphatic rings. The van der Waals surface area contributed by atoms with Crippen molar-refractivity contribution < 1.29 is 9.53 Å².